The number of imidazole rings is 1. The first-order valence-electron chi connectivity index (χ1n) is 7.77. The molecule has 25 heavy (non-hydrogen) atoms. The molecule has 0 radical (unpaired) electrons. The largest absolute Gasteiger partial charge is 0.476 e. The quantitative estimate of drug-likeness (QED) is 0.781. The highest BCUT2D eigenvalue weighted by Gasteiger charge is 2.23. The molecule has 0 aliphatic carbocycles. The number of hydrogen-bond acceptors (Lipinski definition) is 3. The Kier molecular flexibility index (Phi) is 3.46. The van der Waals surface area contributed by atoms with Crippen LogP contribution in [0.25, 0.3) is 5.69 Å². The average molecular weight is 335 g/mol. The summed E-state index contributed by atoms with van der Waals surface area (Å²) in [4.78, 5) is 19.9. The number of aromatic nitrogens is 2. The predicted molar refractivity (Wildman–Crippen MR) is 91.0 cm³/mol. The van der Waals surface area contributed by atoms with Crippen molar-refractivity contribution in [2.24, 2.45) is 4.99 Å². The number of benzene rings is 2. The zero-order chi connectivity index (χ0) is 17.6. The summed E-state index contributed by atoms with van der Waals surface area (Å²) in [5.74, 6) is -0.930. The van der Waals surface area contributed by atoms with Crippen molar-refractivity contribution in [1.82, 2.24) is 9.55 Å². The SMILES string of the molecule is Cc1ccc2c(c1)C(c1ccccc1F)=NCc1nc(C(=O)O)cn1-2. The van der Waals surface area contributed by atoms with Crippen molar-refractivity contribution >= 4 is 11.7 Å². The smallest absolute Gasteiger partial charge is 0.356 e. The van der Waals surface area contributed by atoms with E-state index in [2.05, 4.69) is 9.98 Å². The molecule has 1 aromatic heterocycles. The van der Waals surface area contributed by atoms with Gasteiger partial charge in [-0.25, -0.2) is 14.2 Å². The Labute approximate surface area is 143 Å². The number of halogens is 1. The minimum atomic E-state index is -1.09. The number of aliphatic imine (C=N–C) groups is 1. The fourth-order valence-corrected chi connectivity index (χ4v) is 3.01. The van der Waals surface area contributed by atoms with Crippen LogP contribution in [0.3, 0.4) is 0 Å². The Morgan fingerprint density at radius 1 is 1.20 bits per heavy atom. The highest BCUT2D eigenvalue weighted by molar-refractivity contribution is 6.15. The minimum Gasteiger partial charge on any atom is -0.476 e. The van der Waals surface area contributed by atoms with Crippen LogP contribution in [0.2, 0.25) is 0 Å². The molecule has 0 spiro atoms. The number of carboxylic acid groups (broad SMARTS) is 1. The summed E-state index contributed by atoms with van der Waals surface area (Å²) < 4.78 is 16.1. The number of rotatable bonds is 2. The lowest BCUT2D eigenvalue weighted by Gasteiger charge is -2.13. The van der Waals surface area contributed by atoms with Gasteiger partial charge in [0.05, 0.1) is 17.9 Å². The summed E-state index contributed by atoms with van der Waals surface area (Å²) in [6.07, 6.45) is 1.48. The van der Waals surface area contributed by atoms with Gasteiger partial charge in [-0.2, -0.15) is 0 Å². The summed E-state index contributed by atoms with van der Waals surface area (Å²) in [7, 11) is 0. The lowest BCUT2D eigenvalue weighted by Crippen LogP contribution is -2.09. The van der Waals surface area contributed by atoms with Crippen LogP contribution in [0.1, 0.15) is 33.0 Å². The fourth-order valence-electron chi connectivity index (χ4n) is 3.01. The molecule has 0 saturated heterocycles. The van der Waals surface area contributed by atoms with Gasteiger partial charge < -0.3 is 9.67 Å². The summed E-state index contributed by atoms with van der Waals surface area (Å²) in [6, 6.07) is 12.2. The maximum Gasteiger partial charge on any atom is 0.356 e. The van der Waals surface area contributed by atoms with Crippen molar-refractivity contribution in [3.8, 4) is 5.69 Å². The third kappa shape index (κ3) is 2.52. The molecule has 0 atom stereocenters. The zero-order valence-electron chi connectivity index (χ0n) is 13.4. The van der Waals surface area contributed by atoms with Crippen molar-refractivity contribution in [3.63, 3.8) is 0 Å². The van der Waals surface area contributed by atoms with E-state index in [1.54, 1.807) is 22.8 Å². The number of carbonyl (C=O) groups is 1. The molecule has 3 aromatic rings. The van der Waals surface area contributed by atoms with Gasteiger partial charge in [-0.1, -0.05) is 23.8 Å². The minimum absolute atomic E-state index is 0.0360. The predicted octanol–water partition coefficient (Wildman–Crippen LogP) is 3.37. The number of fused-ring (bicyclic) bond motifs is 3. The summed E-state index contributed by atoms with van der Waals surface area (Å²) in [6.45, 7) is 2.12. The fraction of sp³-hybridized carbons (Fsp3) is 0.105. The first-order valence-corrected chi connectivity index (χ1v) is 7.77. The van der Waals surface area contributed by atoms with Crippen molar-refractivity contribution in [2.45, 2.75) is 13.5 Å². The zero-order valence-corrected chi connectivity index (χ0v) is 13.4. The second kappa shape index (κ2) is 5.66. The van der Waals surface area contributed by atoms with Gasteiger partial charge in [0.25, 0.3) is 0 Å². The van der Waals surface area contributed by atoms with E-state index in [1.807, 2.05) is 25.1 Å². The molecular weight excluding hydrogens is 321 g/mol. The second-order valence-corrected chi connectivity index (χ2v) is 5.88. The Morgan fingerprint density at radius 3 is 2.76 bits per heavy atom. The lowest BCUT2D eigenvalue weighted by atomic mass is 9.98. The van der Waals surface area contributed by atoms with Crippen LogP contribution in [0.5, 0.6) is 0 Å². The van der Waals surface area contributed by atoms with Gasteiger partial charge in [0, 0.05) is 17.3 Å². The molecule has 124 valence electrons. The van der Waals surface area contributed by atoms with Gasteiger partial charge in [0.2, 0.25) is 0 Å². The summed E-state index contributed by atoms with van der Waals surface area (Å²) >= 11 is 0. The van der Waals surface area contributed by atoms with Crippen LogP contribution in [0.4, 0.5) is 4.39 Å². The molecule has 2 aromatic carbocycles. The van der Waals surface area contributed by atoms with Gasteiger partial charge in [0.15, 0.2) is 5.69 Å². The van der Waals surface area contributed by atoms with Crippen LogP contribution < -0.4 is 0 Å². The van der Waals surface area contributed by atoms with E-state index in [9.17, 15) is 14.3 Å². The molecule has 6 heteroatoms. The van der Waals surface area contributed by atoms with Crippen LogP contribution in [0.15, 0.2) is 53.7 Å². The van der Waals surface area contributed by atoms with Gasteiger partial charge >= 0.3 is 5.97 Å². The van der Waals surface area contributed by atoms with E-state index >= 15 is 0 Å². The normalized spacial score (nSPS) is 12.8. The van der Waals surface area contributed by atoms with E-state index in [1.165, 1.54) is 12.3 Å². The van der Waals surface area contributed by atoms with Crippen molar-refractivity contribution in [3.05, 3.63) is 82.7 Å². The van der Waals surface area contributed by atoms with E-state index < -0.39 is 5.97 Å². The molecule has 0 unspecified atom stereocenters. The van der Waals surface area contributed by atoms with Crippen LogP contribution >= 0.6 is 0 Å². The van der Waals surface area contributed by atoms with Gasteiger partial charge in [-0.3, -0.25) is 4.99 Å². The Hall–Kier alpha value is -3.28. The molecule has 1 N–H and O–H groups in total. The number of nitrogens with zero attached hydrogens (tertiary/aromatic N) is 3. The first-order chi connectivity index (χ1) is 12.0. The van der Waals surface area contributed by atoms with E-state index in [-0.39, 0.29) is 18.1 Å². The van der Waals surface area contributed by atoms with E-state index in [0.29, 0.717) is 17.1 Å². The average Bonchev–Trinajstić information content (AvgIpc) is 2.95. The molecule has 0 fully saturated rings. The third-order valence-electron chi connectivity index (χ3n) is 4.17. The number of aryl methyl sites for hydroxylation is 1. The monoisotopic (exact) mass is 335 g/mol. The van der Waals surface area contributed by atoms with Crippen molar-refractivity contribution < 1.29 is 14.3 Å². The number of hydrogen-bond donors (Lipinski definition) is 1. The van der Waals surface area contributed by atoms with Crippen molar-refractivity contribution in [1.29, 1.82) is 0 Å². The van der Waals surface area contributed by atoms with E-state index in [4.69, 9.17) is 0 Å². The Morgan fingerprint density at radius 2 is 2.00 bits per heavy atom. The Bertz CT molecular complexity index is 1040. The highest BCUT2D eigenvalue weighted by atomic mass is 19.1. The standard InChI is InChI=1S/C19H14FN3O2/c1-11-6-7-16-13(8-11)18(12-4-2-3-5-14(12)20)21-9-17-22-15(19(24)25)10-23(16)17/h2-8,10H,9H2,1H3,(H,24,25). The number of carboxylic acids is 1. The van der Waals surface area contributed by atoms with Gasteiger partial charge in [-0.15, -0.1) is 0 Å². The maximum absolute atomic E-state index is 14.3. The first kappa shape index (κ1) is 15.3. The summed E-state index contributed by atoms with van der Waals surface area (Å²) in [5.41, 5.74) is 3.41. The molecule has 1 aliphatic rings. The molecule has 4 rings (SSSR count). The lowest BCUT2D eigenvalue weighted by molar-refractivity contribution is 0.0691. The van der Waals surface area contributed by atoms with Crippen LogP contribution in [-0.2, 0) is 6.54 Å². The molecule has 0 amide bonds. The van der Waals surface area contributed by atoms with Crippen molar-refractivity contribution in [2.75, 3.05) is 0 Å². The molecular formula is C19H14FN3O2. The van der Waals surface area contributed by atoms with Crippen LogP contribution in [0, 0.1) is 12.7 Å². The third-order valence-corrected chi connectivity index (χ3v) is 4.17. The highest BCUT2D eigenvalue weighted by Crippen LogP contribution is 2.27. The summed E-state index contributed by atoms with van der Waals surface area (Å²) in [5, 5.41) is 9.20. The van der Waals surface area contributed by atoms with Gasteiger partial charge in [-0.05, 0) is 31.2 Å². The second-order valence-electron chi connectivity index (χ2n) is 5.88. The maximum atomic E-state index is 14.3. The topological polar surface area (TPSA) is 67.5 Å². The Balaban J connectivity index is 1.98. The molecule has 2 heterocycles. The number of aromatic carboxylic acids is 1. The van der Waals surface area contributed by atoms with Gasteiger partial charge in [0.1, 0.15) is 11.6 Å². The molecule has 0 saturated carbocycles. The molecule has 1 aliphatic heterocycles. The van der Waals surface area contributed by atoms with E-state index in [0.717, 1.165) is 16.8 Å². The molecule has 0 bridgehead atoms. The van der Waals surface area contributed by atoms with Crippen LogP contribution in [-0.4, -0.2) is 26.3 Å². The molecule has 5 nitrogen and oxygen atoms in total.